The van der Waals surface area contributed by atoms with Gasteiger partial charge in [-0.25, -0.2) is 0 Å². The second kappa shape index (κ2) is 3.59. The lowest BCUT2D eigenvalue weighted by molar-refractivity contribution is 0.103. The molecule has 1 aromatic rings. The molecule has 1 atom stereocenters. The maximum absolute atomic E-state index is 9.16. The maximum atomic E-state index is 9.16. The highest BCUT2D eigenvalue weighted by atomic mass is 16.3. The maximum Gasteiger partial charge on any atom is 0.115 e. The largest absolute Gasteiger partial charge is 0.508 e. The Morgan fingerprint density at radius 1 is 1.36 bits per heavy atom. The van der Waals surface area contributed by atoms with Crippen molar-refractivity contribution in [1.29, 1.82) is 0 Å². The van der Waals surface area contributed by atoms with Gasteiger partial charge in [0.25, 0.3) is 0 Å². The zero-order valence-corrected chi connectivity index (χ0v) is 8.35. The third-order valence-corrected chi connectivity index (χ3v) is 2.86. The van der Waals surface area contributed by atoms with Gasteiger partial charge in [0.1, 0.15) is 5.75 Å². The normalized spacial score (nSPS) is 20.4. The van der Waals surface area contributed by atoms with Crippen LogP contribution in [0.5, 0.6) is 5.75 Å². The van der Waals surface area contributed by atoms with E-state index in [2.05, 4.69) is 11.8 Å². The van der Waals surface area contributed by atoms with Gasteiger partial charge in [0.2, 0.25) is 0 Å². The predicted octanol–water partition coefficient (Wildman–Crippen LogP) is 1.10. The van der Waals surface area contributed by atoms with Gasteiger partial charge in [-0.1, -0.05) is 12.1 Å². The Kier molecular flexibility index (Phi) is 2.44. The van der Waals surface area contributed by atoms with Crippen molar-refractivity contribution in [1.82, 2.24) is 4.90 Å². The number of aromatic hydroxyl groups is 1. The Morgan fingerprint density at radius 2 is 1.93 bits per heavy atom. The average molecular weight is 192 g/mol. The Labute approximate surface area is 84.1 Å². The number of nitrogens with zero attached hydrogens (tertiary/aromatic N) is 1. The highest BCUT2D eigenvalue weighted by molar-refractivity contribution is 5.28. The van der Waals surface area contributed by atoms with E-state index in [0.717, 1.165) is 13.1 Å². The van der Waals surface area contributed by atoms with E-state index in [1.165, 1.54) is 5.56 Å². The van der Waals surface area contributed by atoms with Gasteiger partial charge < -0.3 is 10.8 Å². The van der Waals surface area contributed by atoms with Crippen LogP contribution in [0.25, 0.3) is 0 Å². The predicted molar refractivity (Wildman–Crippen MR) is 56.1 cm³/mol. The number of nitrogens with two attached hydrogens (primary N) is 1. The molecular weight excluding hydrogens is 176 g/mol. The zero-order valence-electron chi connectivity index (χ0n) is 8.35. The molecule has 0 aliphatic carbocycles. The van der Waals surface area contributed by atoms with Crippen molar-refractivity contribution >= 4 is 0 Å². The fraction of sp³-hybridized carbons (Fsp3) is 0.455. The summed E-state index contributed by atoms with van der Waals surface area (Å²) in [6.07, 6.45) is 0. The van der Waals surface area contributed by atoms with E-state index in [0.29, 0.717) is 17.8 Å². The summed E-state index contributed by atoms with van der Waals surface area (Å²) in [4.78, 5) is 2.33. The fourth-order valence-corrected chi connectivity index (χ4v) is 1.83. The van der Waals surface area contributed by atoms with Crippen LogP contribution in [0, 0.1) is 0 Å². The van der Waals surface area contributed by atoms with Crippen molar-refractivity contribution in [3.05, 3.63) is 29.8 Å². The molecular formula is C11H16N2O. The van der Waals surface area contributed by atoms with Crippen LogP contribution in [0.15, 0.2) is 24.3 Å². The van der Waals surface area contributed by atoms with E-state index in [4.69, 9.17) is 10.8 Å². The molecule has 1 fully saturated rings. The number of benzene rings is 1. The average Bonchev–Trinajstić information content (AvgIpc) is 2.13. The second-order valence-electron chi connectivity index (χ2n) is 3.98. The molecule has 2 rings (SSSR count). The van der Waals surface area contributed by atoms with Crippen molar-refractivity contribution in [2.24, 2.45) is 5.73 Å². The fourth-order valence-electron chi connectivity index (χ4n) is 1.83. The number of phenolic OH excluding ortho intramolecular Hbond substituents is 1. The van der Waals surface area contributed by atoms with Crippen molar-refractivity contribution < 1.29 is 5.11 Å². The van der Waals surface area contributed by atoms with Gasteiger partial charge in [0, 0.05) is 25.2 Å². The quantitative estimate of drug-likeness (QED) is 0.737. The molecule has 0 aromatic heterocycles. The minimum Gasteiger partial charge on any atom is -0.508 e. The molecule has 1 unspecified atom stereocenters. The molecule has 1 saturated heterocycles. The first-order chi connectivity index (χ1) is 6.66. The van der Waals surface area contributed by atoms with Gasteiger partial charge >= 0.3 is 0 Å². The molecule has 3 heteroatoms. The van der Waals surface area contributed by atoms with E-state index in [1.807, 2.05) is 12.1 Å². The molecule has 0 saturated carbocycles. The van der Waals surface area contributed by atoms with E-state index in [1.54, 1.807) is 12.1 Å². The van der Waals surface area contributed by atoms with E-state index in [9.17, 15) is 0 Å². The summed E-state index contributed by atoms with van der Waals surface area (Å²) in [7, 11) is 0. The summed E-state index contributed by atoms with van der Waals surface area (Å²) >= 11 is 0. The van der Waals surface area contributed by atoms with E-state index >= 15 is 0 Å². The van der Waals surface area contributed by atoms with Crippen LogP contribution in [0.2, 0.25) is 0 Å². The summed E-state index contributed by atoms with van der Waals surface area (Å²) in [5.41, 5.74) is 6.96. The second-order valence-corrected chi connectivity index (χ2v) is 3.98. The summed E-state index contributed by atoms with van der Waals surface area (Å²) in [5, 5.41) is 9.16. The van der Waals surface area contributed by atoms with Crippen LogP contribution in [0.3, 0.4) is 0 Å². The number of phenols is 1. The van der Waals surface area contributed by atoms with Gasteiger partial charge in [-0.3, -0.25) is 4.90 Å². The van der Waals surface area contributed by atoms with Gasteiger partial charge in [-0.05, 0) is 24.6 Å². The Morgan fingerprint density at radius 3 is 2.43 bits per heavy atom. The van der Waals surface area contributed by atoms with Crippen molar-refractivity contribution in [3.63, 3.8) is 0 Å². The lowest BCUT2D eigenvalue weighted by Crippen LogP contribution is -2.56. The molecule has 1 heterocycles. The number of rotatable bonds is 2. The molecule has 0 bridgehead atoms. The summed E-state index contributed by atoms with van der Waals surface area (Å²) in [6.45, 7) is 4.11. The highest BCUT2D eigenvalue weighted by Gasteiger charge is 2.27. The van der Waals surface area contributed by atoms with Crippen molar-refractivity contribution in [2.75, 3.05) is 13.1 Å². The minimum atomic E-state index is 0.321. The lowest BCUT2D eigenvalue weighted by Gasteiger charge is -2.41. The molecule has 14 heavy (non-hydrogen) atoms. The molecule has 3 N–H and O–H groups in total. The standard InChI is InChI=1S/C11H16N2O/c1-8(13-6-10(12)7-13)9-2-4-11(14)5-3-9/h2-5,8,10,14H,6-7,12H2,1H3. The van der Waals surface area contributed by atoms with Gasteiger partial charge in [0.05, 0.1) is 0 Å². The number of hydrogen-bond acceptors (Lipinski definition) is 3. The van der Waals surface area contributed by atoms with Crippen LogP contribution in [-0.4, -0.2) is 29.1 Å². The Balaban J connectivity index is 2.04. The van der Waals surface area contributed by atoms with E-state index < -0.39 is 0 Å². The topological polar surface area (TPSA) is 49.5 Å². The first kappa shape index (κ1) is 9.49. The molecule has 1 aromatic carbocycles. The first-order valence-electron chi connectivity index (χ1n) is 4.95. The summed E-state index contributed by atoms with van der Waals surface area (Å²) < 4.78 is 0. The molecule has 0 spiro atoms. The van der Waals surface area contributed by atoms with Crippen LogP contribution < -0.4 is 5.73 Å². The van der Waals surface area contributed by atoms with E-state index in [-0.39, 0.29) is 0 Å². The van der Waals surface area contributed by atoms with Crippen LogP contribution in [0.4, 0.5) is 0 Å². The van der Waals surface area contributed by atoms with Crippen LogP contribution in [-0.2, 0) is 0 Å². The summed E-state index contributed by atoms with van der Waals surface area (Å²) in [5.74, 6) is 0.321. The third kappa shape index (κ3) is 1.74. The minimum absolute atomic E-state index is 0.321. The van der Waals surface area contributed by atoms with Crippen molar-refractivity contribution in [2.45, 2.75) is 19.0 Å². The molecule has 0 radical (unpaired) electrons. The van der Waals surface area contributed by atoms with Crippen LogP contribution in [0.1, 0.15) is 18.5 Å². The molecule has 1 aliphatic rings. The monoisotopic (exact) mass is 192 g/mol. The van der Waals surface area contributed by atoms with Crippen LogP contribution >= 0.6 is 0 Å². The lowest BCUT2D eigenvalue weighted by atomic mass is 10.0. The van der Waals surface area contributed by atoms with Gasteiger partial charge in [-0.2, -0.15) is 0 Å². The molecule has 76 valence electrons. The SMILES string of the molecule is CC(c1ccc(O)cc1)N1CC(N)C1. The molecule has 0 amide bonds. The third-order valence-electron chi connectivity index (χ3n) is 2.86. The first-order valence-corrected chi connectivity index (χ1v) is 4.95. The number of hydrogen-bond donors (Lipinski definition) is 2. The Hall–Kier alpha value is -1.06. The van der Waals surface area contributed by atoms with Gasteiger partial charge in [-0.15, -0.1) is 0 Å². The number of likely N-dealkylation sites (tertiary alicyclic amines) is 1. The molecule has 3 nitrogen and oxygen atoms in total. The van der Waals surface area contributed by atoms with Gasteiger partial charge in [0.15, 0.2) is 0 Å². The van der Waals surface area contributed by atoms with Crippen molar-refractivity contribution in [3.8, 4) is 5.75 Å². The zero-order chi connectivity index (χ0) is 10.1. The molecule has 1 aliphatic heterocycles. The summed E-state index contributed by atoms with van der Waals surface area (Å²) in [6, 6.07) is 8.12. The Bertz CT molecular complexity index is 304. The highest BCUT2D eigenvalue weighted by Crippen LogP contribution is 2.25. The smallest absolute Gasteiger partial charge is 0.115 e.